The first kappa shape index (κ1) is 18.3. The van der Waals surface area contributed by atoms with Crippen molar-refractivity contribution in [1.29, 1.82) is 0 Å². The summed E-state index contributed by atoms with van der Waals surface area (Å²) in [6, 6.07) is 8.31. The molecule has 3 rings (SSSR count). The van der Waals surface area contributed by atoms with Crippen LogP contribution in [0.25, 0.3) is 0 Å². The van der Waals surface area contributed by atoms with E-state index in [0.29, 0.717) is 6.54 Å². The van der Waals surface area contributed by atoms with E-state index >= 15 is 0 Å². The molecular formula is C18H21ClFN3OS. The van der Waals surface area contributed by atoms with Crippen LogP contribution in [0.3, 0.4) is 0 Å². The highest BCUT2D eigenvalue weighted by Crippen LogP contribution is 2.26. The molecule has 0 unspecified atom stereocenters. The van der Waals surface area contributed by atoms with Gasteiger partial charge in [-0.25, -0.2) is 4.39 Å². The van der Waals surface area contributed by atoms with Gasteiger partial charge >= 0.3 is 0 Å². The summed E-state index contributed by atoms with van der Waals surface area (Å²) in [5.74, 6) is -1.01. The highest BCUT2D eigenvalue weighted by Gasteiger charge is 2.25. The standard InChI is InChI=1S/C18H21ClFN3OS/c1-22-6-8-23(9-7-22)16(17-3-2-10-25-17)12-21-18(24)14-5-4-13(19)11-15(14)20/h2-5,10-11,16H,6-9,12H2,1H3,(H,21,24)/t16-/m0/s1. The third kappa shape index (κ3) is 4.58. The minimum atomic E-state index is -0.600. The fourth-order valence-corrected chi connectivity index (χ4v) is 4.00. The van der Waals surface area contributed by atoms with E-state index < -0.39 is 11.7 Å². The Labute approximate surface area is 156 Å². The van der Waals surface area contributed by atoms with Gasteiger partial charge in [-0.1, -0.05) is 17.7 Å². The van der Waals surface area contributed by atoms with Crippen LogP contribution in [0, 0.1) is 5.82 Å². The van der Waals surface area contributed by atoms with Gasteiger partial charge in [-0.05, 0) is 36.7 Å². The summed E-state index contributed by atoms with van der Waals surface area (Å²) in [7, 11) is 2.11. The van der Waals surface area contributed by atoms with Crippen LogP contribution in [0.15, 0.2) is 35.7 Å². The molecule has 1 aliphatic heterocycles. The molecule has 25 heavy (non-hydrogen) atoms. The van der Waals surface area contributed by atoms with Crippen molar-refractivity contribution < 1.29 is 9.18 Å². The van der Waals surface area contributed by atoms with Crippen molar-refractivity contribution in [2.24, 2.45) is 0 Å². The molecule has 0 radical (unpaired) electrons. The lowest BCUT2D eigenvalue weighted by Crippen LogP contribution is -2.48. The summed E-state index contributed by atoms with van der Waals surface area (Å²) in [5, 5.41) is 5.21. The number of rotatable bonds is 5. The predicted molar refractivity (Wildman–Crippen MR) is 99.9 cm³/mol. The number of likely N-dealkylation sites (N-methyl/N-ethyl adjacent to an activating group) is 1. The van der Waals surface area contributed by atoms with Gasteiger partial charge in [0.05, 0.1) is 11.6 Å². The summed E-state index contributed by atoms with van der Waals surface area (Å²) in [4.78, 5) is 18.3. The van der Waals surface area contributed by atoms with Gasteiger partial charge in [0, 0.05) is 42.6 Å². The summed E-state index contributed by atoms with van der Waals surface area (Å²) < 4.78 is 13.9. The summed E-state index contributed by atoms with van der Waals surface area (Å²) >= 11 is 7.43. The molecule has 1 N–H and O–H groups in total. The van der Waals surface area contributed by atoms with Crippen molar-refractivity contribution in [3.8, 4) is 0 Å². The zero-order chi connectivity index (χ0) is 17.8. The van der Waals surface area contributed by atoms with Crippen LogP contribution in [-0.4, -0.2) is 55.5 Å². The molecule has 4 nitrogen and oxygen atoms in total. The lowest BCUT2D eigenvalue weighted by atomic mass is 10.1. The number of carbonyl (C=O) groups is 1. The van der Waals surface area contributed by atoms with Gasteiger partial charge in [-0.2, -0.15) is 0 Å². The summed E-state index contributed by atoms with van der Waals surface area (Å²) in [6.07, 6.45) is 0. The lowest BCUT2D eigenvalue weighted by molar-refractivity contribution is 0.0886. The Balaban J connectivity index is 1.69. The van der Waals surface area contributed by atoms with Crippen LogP contribution in [-0.2, 0) is 0 Å². The van der Waals surface area contributed by atoms with Gasteiger partial charge in [0.15, 0.2) is 0 Å². The number of piperazine rings is 1. The number of nitrogens with one attached hydrogen (secondary N) is 1. The number of nitrogens with zero attached hydrogens (tertiary/aromatic N) is 2. The number of amides is 1. The van der Waals surface area contributed by atoms with E-state index in [-0.39, 0.29) is 16.6 Å². The smallest absolute Gasteiger partial charge is 0.254 e. The molecule has 1 aliphatic rings. The highest BCUT2D eigenvalue weighted by molar-refractivity contribution is 7.10. The van der Waals surface area contributed by atoms with Crippen molar-refractivity contribution in [2.45, 2.75) is 6.04 Å². The normalized spacial score (nSPS) is 17.4. The van der Waals surface area contributed by atoms with Gasteiger partial charge in [0.25, 0.3) is 5.91 Å². The minimum Gasteiger partial charge on any atom is -0.350 e. The maximum absolute atomic E-state index is 13.9. The second-order valence-corrected chi connectivity index (χ2v) is 7.62. The van der Waals surface area contributed by atoms with Crippen LogP contribution in [0.2, 0.25) is 5.02 Å². The zero-order valence-electron chi connectivity index (χ0n) is 14.0. The van der Waals surface area contributed by atoms with Crippen LogP contribution >= 0.6 is 22.9 Å². The number of benzene rings is 1. The first-order chi connectivity index (χ1) is 12.0. The molecular weight excluding hydrogens is 361 g/mol. The maximum atomic E-state index is 13.9. The Morgan fingerprint density at radius 3 is 2.72 bits per heavy atom. The van der Waals surface area contributed by atoms with Crippen molar-refractivity contribution in [3.63, 3.8) is 0 Å². The Hall–Kier alpha value is -1.47. The van der Waals surface area contributed by atoms with Gasteiger partial charge in [0.2, 0.25) is 0 Å². The Morgan fingerprint density at radius 1 is 1.32 bits per heavy atom. The molecule has 1 atom stereocenters. The van der Waals surface area contributed by atoms with E-state index in [1.165, 1.54) is 17.0 Å². The highest BCUT2D eigenvalue weighted by atomic mass is 35.5. The monoisotopic (exact) mass is 381 g/mol. The molecule has 1 amide bonds. The van der Waals surface area contributed by atoms with Crippen molar-refractivity contribution in [2.75, 3.05) is 39.8 Å². The second kappa shape index (κ2) is 8.27. The van der Waals surface area contributed by atoms with Crippen LogP contribution in [0.4, 0.5) is 4.39 Å². The predicted octanol–water partition coefficient (Wildman–Crippen LogP) is 3.26. The number of hydrogen-bond donors (Lipinski definition) is 1. The Kier molecular flexibility index (Phi) is 6.06. The molecule has 2 heterocycles. The van der Waals surface area contributed by atoms with Crippen LogP contribution in [0.5, 0.6) is 0 Å². The molecule has 1 aromatic heterocycles. The van der Waals surface area contributed by atoms with E-state index in [2.05, 4.69) is 28.2 Å². The Morgan fingerprint density at radius 2 is 2.08 bits per heavy atom. The van der Waals surface area contributed by atoms with Gasteiger partial charge in [-0.3, -0.25) is 9.69 Å². The first-order valence-corrected chi connectivity index (χ1v) is 9.49. The molecule has 1 saturated heterocycles. The van der Waals surface area contributed by atoms with Gasteiger partial charge < -0.3 is 10.2 Å². The third-order valence-electron chi connectivity index (χ3n) is 4.48. The van der Waals surface area contributed by atoms with E-state index in [1.54, 1.807) is 11.3 Å². The summed E-state index contributed by atoms with van der Waals surface area (Å²) in [6.45, 7) is 4.35. The fourth-order valence-electron chi connectivity index (χ4n) is 2.98. The van der Waals surface area contributed by atoms with Crippen molar-refractivity contribution >= 4 is 28.8 Å². The van der Waals surface area contributed by atoms with E-state index in [0.717, 1.165) is 32.2 Å². The molecule has 0 bridgehead atoms. The van der Waals surface area contributed by atoms with Crippen molar-refractivity contribution in [3.05, 3.63) is 57.0 Å². The third-order valence-corrected chi connectivity index (χ3v) is 5.69. The average Bonchev–Trinajstić information content (AvgIpc) is 3.10. The average molecular weight is 382 g/mol. The van der Waals surface area contributed by atoms with Gasteiger partial charge in [-0.15, -0.1) is 11.3 Å². The largest absolute Gasteiger partial charge is 0.350 e. The number of hydrogen-bond acceptors (Lipinski definition) is 4. The molecule has 1 aromatic carbocycles. The molecule has 0 saturated carbocycles. The zero-order valence-corrected chi connectivity index (χ0v) is 15.6. The molecule has 134 valence electrons. The topological polar surface area (TPSA) is 35.6 Å². The molecule has 0 aliphatic carbocycles. The lowest BCUT2D eigenvalue weighted by Gasteiger charge is -2.37. The second-order valence-electron chi connectivity index (χ2n) is 6.20. The number of carbonyl (C=O) groups excluding carboxylic acids is 1. The van der Waals surface area contributed by atoms with Crippen LogP contribution < -0.4 is 5.32 Å². The number of halogens is 2. The molecule has 0 spiro atoms. The molecule has 1 fully saturated rings. The fraction of sp³-hybridized carbons (Fsp3) is 0.389. The van der Waals surface area contributed by atoms with E-state index in [4.69, 9.17) is 11.6 Å². The van der Waals surface area contributed by atoms with Gasteiger partial charge in [0.1, 0.15) is 5.82 Å². The van der Waals surface area contributed by atoms with Crippen molar-refractivity contribution in [1.82, 2.24) is 15.1 Å². The number of thiophene rings is 1. The van der Waals surface area contributed by atoms with Crippen LogP contribution in [0.1, 0.15) is 21.3 Å². The summed E-state index contributed by atoms with van der Waals surface area (Å²) in [5.41, 5.74) is 0.0210. The van der Waals surface area contributed by atoms with E-state index in [9.17, 15) is 9.18 Å². The molecule has 7 heteroatoms. The Bertz CT molecular complexity index is 717. The first-order valence-electron chi connectivity index (χ1n) is 8.24. The molecule has 2 aromatic rings. The minimum absolute atomic E-state index is 0.0210. The quantitative estimate of drug-likeness (QED) is 0.863. The SMILES string of the molecule is CN1CCN([C@@H](CNC(=O)c2ccc(Cl)cc2F)c2cccs2)CC1. The van der Waals surface area contributed by atoms with E-state index in [1.807, 2.05) is 11.4 Å². The maximum Gasteiger partial charge on any atom is 0.254 e.